The van der Waals surface area contributed by atoms with Gasteiger partial charge in [-0.1, -0.05) is 6.07 Å². The van der Waals surface area contributed by atoms with Crippen LogP contribution in [0, 0.1) is 0 Å². The van der Waals surface area contributed by atoms with Crippen LogP contribution in [0.1, 0.15) is 12.1 Å². The van der Waals surface area contributed by atoms with Gasteiger partial charge in [-0.2, -0.15) is 11.8 Å². The van der Waals surface area contributed by atoms with Crippen LogP contribution in [0.5, 0.6) is 0 Å². The van der Waals surface area contributed by atoms with Crippen molar-refractivity contribution >= 4 is 11.8 Å². The highest BCUT2D eigenvalue weighted by Gasteiger charge is 2.09. The zero-order valence-electron chi connectivity index (χ0n) is 8.35. The Labute approximate surface area is 89.7 Å². The van der Waals surface area contributed by atoms with E-state index in [9.17, 15) is 0 Å². The standard InChI is InChI=1S/C11H16N2S/c1-2-5-12-11(4-1)10-13-6-3-8-14-9-7-13/h1-2,4-5H,3,6-10H2. The van der Waals surface area contributed by atoms with Crippen molar-refractivity contribution in [3.8, 4) is 0 Å². The molecule has 2 rings (SSSR count). The van der Waals surface area contributed by atoms with E-state index in [1.54, 1.807) is 0 Å². The molecular formula is C11H16N2S. The molecule has 0 N–H and O–H groups in total. The lowest BCUT2D eigenvalue weighted by molar-refractivity contribution is 0.284. The van der Waals surface area contributed by atoms with E-state index in [-0.39, 0.29) is 0 Å². The van der Waals surface area contributed by atoms with E-state index in [4.69, 9.17) is 0 Å². The fraction of sp³-hybridized carbons (Fsp3) is 0.545. The highest BCUT2D eigenvalue weighted by Crippen LogP contribution is 2.11. The molecule has 1 aromatic rings. The molecule has 2 heterocycles. The molecule has 0 unspecified atom stereocenters. The summed E-state index contributed by atoms with van der Waals surface area (Å²) in [6.07, 6.45) is 3.19. The Morgan fingerprint density at radius 3 is 3.14 bits per heavy atom. The predicted octanol–water partition coefficient (Wildman–Crippen LogP) is 2.02. The largest absolute Gasteiger partial charge is 0.297 e. The van der Waals surface area contributed by atoms with Gasteiger partial charge in [0.15, 0.2) is 0 Å². The molecule has 76 valence electrons. The average molecular weight is 208 g/mol. The average Bonchev–Trinajstić information content (AvgIpc) is 2.48. The first kappa shape index (κ1) is 9.99. The van der Waals surface area contributed by atoms with E-state index in [1.165, 1.54) is 36.7 Å². The van der Waals surface area contributed by atoms with E-state index >= 15 is 0 Å². The number of nitrogens with zero attached hydrogens (tertiary/aromatic N) is 2. The Morgan fingerprint density at radius 1 is 1.29 bits per heavy atom. The number of thioether (sulfide) groups is 1. The highest BCUT2D eigenvalue weighted by atomic mass is 32.2. The van der Waals surface area contributed by atoms with Crippen LogP contribution in [0.3, 0.4) is 0 Å². The Morgan fingerprint density at radius 2 is 2.29 bits per heavy atom. The number of pyridine rings is 1. The van der Waals surface area contributed by atoms with E-state index in [1.807, 2.05) is 12.3 Å². The second-order valence-corrected chi connectivity index (χ2v) is 4.79. The lowest BCUT2D eigenvalue weighted by atomic mass is 10.3. The van der Waals surface area contributed by atoms with Crippen LogP contribution >= 0.6 is 11.8 Å². The smallest absolute Gasteiger partial charge is 0.0543 e. The molecule has 2 nitrogen and oxygen atoms in total. The van der Waals surface area contributed by atoms with Crippen molar-refractivity contribution in [2.75, 3.05) is 24.6 Å². The Balaban J connectivity index is 1.90. The first-order valence-corrected chi connectivity index (χ1v) is 6.30. The Hall–Kier alpha value is -0.540. The van der Waals surface area contributed by atoms with Gasteiger partial charge in [0.25, 0.3) is 0 Å². The summed E-state index contributed by atoms with van der Waals surface area (Å²) in [5.41, 5.74) is 1.19. The molecule has 14 heavy (non-hydrogen) atoms. The maximum atomic E-state index is 4.35. The topological polar surface area (TPSA) is 16.1 Å². The van der Waals surface area contributed by atoms with Gasteiger partial charge in [-0.3, -0.25) is 9.88 Å². The zero-order chi connectivity index (χ0) is 9.64. The summed E-state index contributed by atoms with van der Waals surface area (Å²) in [5.74, 6) is 2.59. The maximum absolute atomic E-state index is 4.35. The number of aromatic nitrogens is 1. The summed E-state index contributed by atoms with van der Waals surface area (Å²) < 4.78 is 0. The predicted molar refractivity (Wildman–Crippen MR) is 61.5 cm³/mol. The third kappa shape index (κ3) is 3.00. The van der Waals surface area contributed by atoms with Gasteiger partial charge in [0, 0.05) is 25.0 Å². The fourth-order valence-electron chi connectivity index (χ4n) is 1.68. The van der Waals surface area contributed by atoms with Gasteiger partial charge in [0.1, 0.15) is 0 Å². The summed E-state index contributed by atoms with van der Waals surface area (Å²) in [6.45, 7) is 3.45. The van der Waals surface area contributed by atoms with E-state index in [0.29, 0.717) is 0 Å². The monoisotopic (exact) mass is 208 g/mol. The normalized spacial score (nSPS) is 19.1. The molecule has 0 bridgehead atoms. The van der Waals surface area contributed by atoms with Crippen molar-refractivity contribution in [1.29, 1.82) is 0 Å². The van der Waals surface area contributed by atoms with Gasteiger partial charge >= 0.3 is 0 Å². The van der Waals surface area contributed by atoms with Crippen LogP contribution in [-0.2, 0) is 6.54 Å². The minimum Gasteiger partial charge on any atom is -0.297 e. The Kier molecular flexibility index (Phi) is 3.83. The SMILES string of the molecule is c1ccc(CN2CCCSCC2)nc1. The van der Waals surface area contributed by atoms with Crippen LogP contribution < -0.4 is 0 Å². The summed E-state index contributed by atoms with van der Waals surface area (Å²) in [7, 11) is 0. The van der Waals surface area contributed by atoms with Gasteiger partial charge < -0.3 is 0 Å². The summed E-state index contributed by atoms with van der Waals surface area (Å²) in [5, 5.41) is 0. The van der Waals surface area contributed by atoms with Gasteiger partial charge in [-0.05, 0) is 30.9 Å². The number of hydrogen-bond donors (Lipinski definition) is 0. The molecule has 0 aromatic carbocycles. The molecule has 1 aromatic heterocycles. The molecule has 1 fully saturated rings. The number of rotatable bonds is 2. The van der Waals surface area contributed by atoms with Crippen LogP contribution in [0.2, 0.25) is 0 Å². The van der Waals surface area contributed by atoms with Crippen LogP contribution in [0.25, 0.3) is 0 Å². The van der Waals surface area contributed by atoms with E-state index in [0.717, 1.165) is 6.54 Å². The second-order valence-electron chi connectivity index (χ2n) is 3.56. The summed E-state index contributed by atoms with van der Waals surface area (Å²) in [4.78, 5) is 6.86. The van der Waals surface area contributed by atoms with Crippen LogP contribution in [0.4, 0.5) is 0 Å². The van der Waals surface area contributed by atoms with Gasteiger partial charge in [0.2, 0.25) is 0 Å². The van der Waals surface area contributed by atoms with Gasteiger partial charge in [-0.15, -0.1) is 0 Å². The highest BCUT2D eigenvalue weighted by molar-refractivity contribution is 7.99. The number of hydrogen-bond acceptors (Lipinski definition) is 3. The molecule has 1 aliphatic heterocycles. The van der Waals surface area contributed by atoms with Crippen LogP contribution in [0.15, 0.2) is 24.4 Å². The van der Waals surface area contributed by atoms with Crippen molar-refractivity contribution in [1.82, 2.24) is 9.88 Å². The van der Waals surface area contributed by atoms with Crippen molar-refractivity contribution in [3.05, 3.63) is 30.1 Å². The zero-order valence-corrected chi connectivity index (χ0v) is 9.17. The van der Waals surface area contributed by atoms with Gasteiger partial charge in [-0.25, -0.2) is 0 Å². The molecule has 0 radical (unpaired) electrons. The van der Waals surface area contributed by atoms with Crippen molar-refractivity contribution in [2.24, 2.45) is 0 Å². The molecule has 3 heteroatoms. The molecule has 0 amide bonds. The quantitative estimate of drug-likeness (QED) is 0.739. The molecule has 0 saturated carbocycles. The molecule has 1 saturated heterocycles. The molecule has 0 aliphatic carbocycles. The summed E-state index contributed by atoms with van der Waals surface area (Å²) >= 11 is 2.07. The first-order valence-electron chi connectivity index (χ1n) is 5.15. The van der Waals surface area contributed by atoms with Gasteiger partial charge in [0.05, 0.1) is 5.69 Å². The fourth-order valence-corrected chi connectivity index (χ4v) is 2.60. The minimum atomic E-state index is 1.02. The summed E-state index contributed by atoms with van der Waals surface area (Å²) in [6, 6.07) is 6.15. The third-order valence-electron chi connectivity index (χ3n) is 2.43. The lowest BCUT2D eigenvalue weighted by Gasteiger charge is -2.18. The van der Waals surface area contributed by atoms with Crippen LogP contribution in [-0.4, -0.2) is 34.5 Å². The minimum absolute atomic E-state index is 1.02. The lowest BCUT2D eigenvalue weighted by Crippen LogP contribution is -2.25. The Bertz CT molecular complexity index is 255. The maximum Gasteiger partial charge on any atom is 0.0543 e. The van der Waals surface area contributed by atoms with E-state index in [2.05, 4.69) is 33.8 Å². The third-order valence-corrected chi connectivity index (χ3v) is 3.48. The van der Waals surface area contributed by atoms with Crippen molar-refractivity contribution in [3.63, 3.8) is 0 Å². The van der Waals surface area contributed by atoms with Crippen molar-refractivity contribution < 1.29 is 0 Å². The first-order chi connectivity index (χ1) is 6.95. The molecule has 1 aliphatic rings. The molecular weight excluding hydrogens is 192 g/mol. The van der Waals surface area contributed by atoms with E-state index < -0.39 is 0 Å². The molecule has 0 spiro atoms. The second kappa shape index (κ2) is 5.37. The molecule has 0 atom stereocenters. The van der Waals surface area contributed by atoms with Crippen molar-refractivity contribution in [2.45, 2.75) is 13.0 Å².